The summed E-state index contributed by atoms with van der Waals surface area (Å²) in [5, 5.41) is 0. The van der Waals surface area contributed by atoms with Crippen molar-refractivity contribution in [1.82, 2.24) is 4.90 Å². The molecule has 0 saturated heterocycles. The summed E-state index contributed by atoms with van der Waals surface area (Å²) in [6.07, 6.45) is 0. The molecule has 0 aromatic heterocycles. The number of hydrogen-bond donors (Lipinski definition) is 1. The molecule has 1 aliphatic heterocycles. The summed E-state index contributed by atoms with van der Waals surface area (Å²) in [6, 6.07) is 7.98. The SMILES string of the molecule is CN1Cc2ccccc2N(CCOCCN)C1=O. The van der Waals surface area contributed by atoms with Crippen LogP contribution in [0.2, 0.25) is 0 Å². The van der Waals surface area contributed by atoms with E-state index in [2.05, 4.69) is 0 Å². The number of urea groups is 1. The first-order valence-corrected chi connectivity index (χ1v) is 6.12. The zero-order valence-corrected chi connectivity index (χ0v) is 10.6. The molecule has 98 valence electrons. The van der Waals surface area contributed by atoms with Crippen LogP contribution in [0.3, 0.4) is 0 Å². The van der Waals surface area contributed by atoms with Gasteiger partial charge in [-0.15, -0.1) is 0 Å². The number of carbonyl (C=O) groups excluding carboxylic acids is 1. The molecule has 0 fully saturated rings. The molecule has 5 heteroatoms. The summed E-state index contributed by atoms with van der Waals surface area (Å²) in [5.74, 6) is 0. The molecule has 5 nitrogen and oxygen atoms in total. The highest BCUT2D eigenvalue weighted by Crippen LogP contribution is 2.27. The van der Waals surface area contributed by atoms with E-state index in [1.807, 2.05) is 31.3 Å². The highest BCUT2D eigenvalue weighted by Gasteiger charge is 2.27. The van der Waals surface area contributed by atoms with Gasteiger partial charge in [-0.2, -0.15) is 0 Å². The third-order valence-corrected chi connectivity index (χ3v) is 2.97. The third kappa shape index (κ3) is 2.63. The van der Waals surface area contributed by atoms with Crippen molar-refractivity contribution >= 4 is 11.7 Å². The van der Waals surface area contributed by atoms with E-state index in [1.54, 1.807) is 9.80 Å². The smallest absolute Gasteiger partial charge is 0.324 e. The highest BCUT2D eigenvalue weighted by atomic mass is 16.5. The Balaban J connectivity index is 2.09. The fraction of sp³-hybridized carbons (Fsp3) is 0.462. The molecule has 0 atom stereocenters. The van der Waals surface area contributed by atoms with Gasteiger partial charge in [-0.3, -0.25) is 4.90 Å². The van der Waals surface area contributed by atoms with E-state index in [9.17, 15) is 4.79 Å². The van der Waals surface area contributed by atoms with Crippen molar-refractivity contribution in [2.45, 2.75) is 6.54 Å². The Morgan fingerprint density at radius 1 is 1.33 bits per heavy atom. The second-order valence-corrected chi connectivity index (χ2v) is 4.32. The Bertz CT molecular complexity index is 422. The van der Waals surface area contributed by atoms with Crippen molar-refractivity contribution in [3.63, 3.8) is 0 Å². The molecular formula is C13H19N3O2. The zero-order valence-electron chi connectivity index (χ0n) is 10.6. The van der Waals surface area contributed by atoms with Gasteiger partial charge >= 0.3 is 6.03 Å². The number of benzene rings is 1. The Kier molecular flexibility index (Phi) is 4.17. The number of fused-ring (bicyclic) bond motifs is 1. The Hall–Kier alpha value is -1.59. The monoisotopic (exact) mass is 249 g/mol. The van der Waals surface area contributed by atoms with Gasteiger partial charge in [0, 0.05) is 20.1 Å². The minimum absolute atomic E-state index is 0.0186. The quantitative estimate of drug-likeness (QED) is 0.793. The maximum Gasteiger partial charge on any atom is 0.324 e. The van der Waals surface area contributed by atoms with Crippen molar-refractivity contribution in [3.05, 3.63) is 29.8 Å². The van der Waals surface area contributed by atoms with E-state index in [0.29, 0.717) is 32.8 Å². The van der Waals surface area contributed by atoms with Gasteiger partial charge in [0.2, 0.25) is 0 Å². The van der Waals surface area contributed by atoms with Gasteiger partial charge in [0.1, 0.15) is 0 Å². The van der Waals surface area contributed by atoms with Gasteiger partial charge in [-0.05, 0) is 11.6 Å². The molecule has 0 unspecified atom stereocenters. The number of anilines is 1. The molecule has 1 aromatic carbocycles. The topological polar surface area (TPSA) is 58.8 Å². The lowest BCUT2D eigenvalue weighted by atomic mass is 10.1. The highest BCUT2D eigenvalue weighted by molar-refractivity contribution is 5.94. The fourth-order valence-electron chi connectivity index (χ4n) is 2.10. The van der Waals surface area contributed by atoms with Crippen LogP contribution >= 0.6 is 0 Å². The van der Waals surface area contributed by atoms with Gasteiger partial charge in [0.05, 0.1) is 25.4 Å². The maximum absolute atomic E-state index is 12.1. The molecule has 0 saturated carbocycles. The molecule has 18 heavy (non-hydrogen) atoms. The Morgan fingerprint density at radius 3 is 2.89 bits per heavy atom. The molecule has 0 bridgehead atoms. The van der Waals surface area contributed by atoms with Crippen LogP contribution in [0.5, 0.6) is 0 Å². The van der Waals surface area contributed by atoms with Gasteiger partial charge < -0.3 is 15.4 Å². The normalized spacial score (nSPS) is 14.9. The van der Waals surface area contributed by atoms with Crippen molar-refractivity contribution in [2.24, 2.45) is 5.73 Å². The third-order valence-electron chi connectivity index (χ3n) is 2.97. The second-order valence-electron chi connectivity index (χ2n) is 4.32. The number of amides is 2. The van der Waals surface area contributed by atoms with Crippen LogP contribution in [0.1, 0.15) is 5.56 Å². The predicted molar refractivity (Wildman–Crippen MR) is 70.5 cm³/mol. The van der Waals surface area contributed by atoms with Crippen LogP contribution in [0.25, 0.3) is 0 Å². The molecule has 0 aliphatic carbocycles. The van der Waals surface area contributed by atoms with Gasteiger partial charge in [0.15, 0.2) is 0 Å². The summed E-state index contributed by atoms with van der Waals surface area (Å²) in [6.45, 7) is 2.75. The summed E-state index contributed by atoms with van der Waals surface area (Å²) in [4.78, 5) is 15.6. The number of para-hydroxylation sites is 1. The average Bonchev–Trinajstić information content (AvgIpc) is 2.38. The van der Waals surface area contributed by atoms with Crippen LogP contribution in [0.4, 0.5) is 10.5 Å². The number of rotatable bonds is 5. The van der Waals surface area contributed by atoms with E-state index in [0.717, 1.165) is 5.69 Å². The minimum Gasteiger partial charge on any atom is -0.378 e. The minimum atomic E-state index is 0.0186. The standard InChI is InChI=1S/C13H19N3O2/c1-15-10-11-4-2-3-5-12(11)16(13(15)17)7-9-18-8-6-14/h2-5H,6-10,14H2,1H3. The summed E-state index contributed by atoms with van der Waals surface area (Å²) in [5.41, 5.74) is 7.51. The lowest BCUT2D eigenvalue weighted by molar-refractivity contribution is 0.145. The molecule has 1 heterocycles. The number of nitrogens with zero attached hydrogens (tertiary/aromatic N) is 2. The van der Waals surface area contributed by atoms with E-state index in [1.165, 1.54) is 5.56 Å². The number of ether oxygens (including phenoxy) is 1. The summed E-state index contributed by atoms with van der Waals surface area (Å²) >= 11 is 0. The van der Waals surface area contributed by atoms with Crippen LogP contribution in [-0.2, 0) is 11.3 Å². The summed E-state index contributed by atoms with van der Waals surface area (Å²) < 4.78 is 5.35. The van der Waals surface area contributed by atoms with E-state index < -0.39 is 0 Å². The molecule has 1 aromatic rings. The first-order chi connectivity index (χ1) is 8.74. The predicted octanol–water partition coefficient (Wildman–Crippen LogP) is 1.03. The van der Waals surface area contributed by atoms with E-state index >= 15 is 0 Å². The maximum atomic E-state index is 12.1. The molecular weight excluding hydrogens is 230 g/mol. The number of nitrogens with two attached hydrogens (primary N) is 1. The molecule has 0 spiro atoms. The lowest BCUT2D eigenvalue weighted by Crippen LogP contribution is -2.46. The van der Waals surface area contributed by atoms with Crippen molar-refractivity contribution < 1.29 is 9.53 Å². The molecule has 2 amide bonds. The largest absolute Gasteiger partial charge is 0.378 e. The molecule has 2 N–H and O–H groups in total. The van der Waals surface area contributed by atoms with E-state index in [-0.39, 0.29) is 6.03 Å². The molecule has 2 rings (SSSR count). The Labute approximate surface area is 107 Å². The van der Waals surface area contributed by atoms with Crippen LogP contribution in [0, 0.1) is 0 Å². The van der Waals surface area contributed by atoms with Crippen LogP contribution in [-0.4, -0.2) is 44.3 Å². The lowest BCUT2D eigenvalue weighted by Gasteiger charge is -2.35. The van der Waals surface area contributed by atoms with Crippen LogP contribution in [0.15, 0.2) is 24.3 Å². The fourth-order valence-corrected chi connectivity index (χ4v) is 2.10. The second kappa shape index (κ2) is 5.84. The van der Waals surface area contributed by atoms with Crippen molar-refractivity contribution in [3.8, 4) is 0 Å². The van der Waals surface area contributed by atoms with Gasteiger partial charge in [-0.25, -0.2) is 4.79 Å². The number of hydrogen-bond acceptors (Lipinski definition) is 3. The van der Waals surface area contributed by atoms with Gasteiger partial charge in [-0.1, -0.05) is 18.2 Å². The van der Waals surface area contributed by atoms with Crippen molar-refractivity contribution in [1.29, 1.82) is 0 Å². The zero-order chi connectivity index (χ0) is 13.0. The Morgan fingerprint density at radius 2 is 2.11 bits per heavy atom. The van der Waals surface area contributed by atoms with Crippen LogP contribution < -0.4 is 10.6 Å². The first-order valence-electron chi connectivity index (χ1n) is 6.12. The molecule has 1 aliphatic rings. The molecule has 0 radical (unpaired) electrons. The number of carbonyl (C=O) groups is 1. The summed E-state index contributed by atoms with van der Waals surface area (Å²) in [7, 11) is 1.81. The van der Waals surface area contributed by atoms with Gasteiger partial charge in [0.25, 0.3) is 0 Å². The van der Waals surface area contributed by atoms with E-state index in [4.69, 9.17) is 10.5 Å². The first kappa shape index (κ1) is 12.9. The van der Waals surface area contributed by atoms with Crippen molar-refractivity contribution in [2.75, 3.05) is 38.3 Å². The average molecular weight is 249 g/mol.